The van der Waals surface area contributed by atoms with E-state index >= 15 is 0 Å². The van der Waals surface area contributed by atoms with E-state index in [1.807, 2.05) is 0 Å². The van der Waals surface area contributed by atoms with Gasteiger partial charge in [0.05, 0.1) is 6.10 Å². The zero-order valence-corrected chi connectivity index (χ0v) is 10.6. The van der Waals surface area contributed by atoms with Gasteiger partial charge in [0.15, 0.2) is 5.79 Å². The largest absolute Gasteiger partial charge is 0.411 e. The van der Waals surface area contributed by atoms with Gasteiger partial charge in [-0.3, -0.25) is 0 Å². The molecular weight excluding hydrogens is 257 g/mol. The summed E-state index contributed by atoms with van der Waals surface area (Å²) < 4.78 is 48.5. The van der Waals surface area contributed by atoms with Crippen LogP contribution in [0.3, 0.4) is 0 Å². The number of hydrogen-bond donors (Lipinski definition) is 0. The Kier molecular flexibility index (Phi) is 2.28. The highest BCUT2D eigenvalue weighted by molar-refractivity contribution is 5.27. The van der Waals surface area contributed by atoms with Gasteiger partial charge in [-0.25, -0.2) is 0 Å². The molecule has 1 saturated heterocycles. The molecule has 3 aliphatic carbocycles. The number of halogens is 3. The normalized spacial score (nSPS) is 45.7. The molecule has 0 aromatic rings. The Hall–Kier alpha value is -0.550. The molecule has 0 aromatic carbocycles. The first-order valence-electron chi connectivity index (χ1n) is 7.02. The third-order valence-electron chi connectivity index (χ3n) is 5.32. The van der Waals surface area contributed by atoms with Gasteiger partial charge in [-0.1, -0.05) is 12.2 Å². The third-order valence-corrected chi connectivity index (χ3v) is 5.32. The summed E-state index contributed by atoms with van der Waals surface area (Å²) in [4.78, 5) is 0. The molecule has 0 N–H and O–H groups in total. The topological polar surface area (TPSA) is 18.5 Å². The highest BCUT2D eigenvalue weighted by Gasteiger charge is 2.67. The van der Waals surface area contributed by atoms with Crippen LogP contribution in [0.2, 0.25) is 0 Å². The highest BCUT2D eigenvalue weighted by atomic mass is 19.4. The predicted octanol–water partition coefficient (Wildman–Crippen LogP) is 3.43. The van der Waals surface area contributed by atoms with Gasteiger partial charge in [0, 0.05) is 18.3 Å². The molecule has 0 bridgehead atoms. The summed E-state index contributed by atoms with van der Waals surface area (Å²) in [6.45, 7) is -1.19. The van der Waals surface area contributed by atoms with Crippen LogP contribution in [-0.2, 0) is 9.47 Å². The smallest absolute Gasteiger partial charge is 0.342 e. The zero-order chi connectivity index (χ0) is 13.3. The van der Waals surface area contributed by atoms with Gasteiger partial charge >= 0.3 is 6.18 Å². The molecule has 1 heterocycles. The number of fused-ring (bicyclic) bond motifs is 4. The van der Waals surface area contributed by atoms with Crippen LogP contribution in [-0.4, -0.2) is 24.7 Å². The van der Waals surface area contributed by atoms with Crippen LogP contribution < -0.4 is 0 Å². The van der Waals surface area contributed by atoms with E-state index in [1.54, 1.807) is 0 Å². The van der Waals surface area contributed by atoms with Gasteiger partial charge in [-0.05, 0) is 31.1 Å². The molecule has 1 aliphatic heterocycles. The van der Waals surface area contributed by atoms with Gasteiger partial charge in [0.25, 0.3) is 0 Å². The first-order chi connectivity index (χ1) is 8.94. The predicted molar refractivity (Wildman–Crippen MR) is 61.2 cm³/mol. The molecule has 5 heteroatoms. The van der Waals surface area contributed by atoms with Crippen LogP contribution in [0.15, 0.2) is 12.2 Å². The zero-order valence-electron chi connectivity index (χ0n) is 10.6. The number of allylic oxidation sites excluding steroid dienone is 1. The monoisotopic (exact) mass is 274 g/mol. The van der Waals surface area contributed by atoms with Gasteiger partial charge < -0.3 is 9.47 Å². The fourth-order valence-corrected chi connectivity index (χ4v) is 4.45. The maximum Gasteiger partial charge on any atom is 0.411 e. The van der Waals surface area contributed by atoms with Gasteiger partial charge in [0.1, 0.15) is 6.61 Å². The molecular formula is C14H17F3O2. The lowest BCUT2D eigenvalue weighted by molar-refractivity contribution is -0.280. The molecule has 4 atom stereocenters. The number of alkyl halides is 3. The Morgan fingerprint density at radius 2 is 2.05 bits per heavy atom. The summed E-state index contributed by atoms with van der Waals surface area (Å²) in [5.41, 5.74) is 0.225. The summed E-state index contributed by atoms with van der Waals surface area (Å²) in [5.74, 6) is -0.480. The minimum absolute atomic E-state index is 0.0268. The quantitative estimate of drug-likeness (QED) is 0.718. The number of ether oxygens (including phenoxy) is 2. The SMILES string of the molecule is FC(F)(F)CO[C@@]12CCC[C@@H]1[C@H]1[C@H](C=CC13CC3)O2. The second-order valence-corrected chi connectivity index (χ2v) is 6.41. The van der Waals surface area contributed by atoms with Crippen molar-refractivity contribution < 1.29 is 22.6 Å². The molecule has 2 nitrogen and oxygen atoms in total. The molecule has 4 aliphatic rings. The minimum Gasteiger partial charge on any atom is -0.342 e. The molecule has 1 spiro atoms. The van der Waals surface area contributed by atoms with E-state index in [4.69, 9.17) is 9.47 Å². The second-order valence-electron chi connectivity index (χ2n) is 6.41. The van der Waals surface area contributed by atoms with Gasteiger partial charge in [-0.2, -0.15) is 13.2 Å². The van der Waals surface area contributed by atoms with Crippen molar-refractivity contribution >= 4 is 0 Å². The second kappa shape index (κ2) is 3.55. The lowest BCUT2D eigenvalue weighted by Gasteiger charge is -2.31. The van der Waals surface area contributed by atoms with E-state index in [2.05, 4.69) is 12.2 Å². The van der Waals surface area contributed by atoms with Crippen molar-refractivity contribution in [3.05, 3.63) is 12.2 Å². The Bertz CT molecular complexity index is 427. The molecule has 106 valence electrons. The van der Waals surface area contributed by atoms with Crippen molar-refractivity contribution in [1.82, 2.24) is 0 Å². The lowest BCUT2D eigenvalue weighted by Crippen LogP contribution is -2.39. The van der Waals surface area contributed by atoms with Crippen molar-refractivity contribution in [2.75, 3.05) is 6.61 Å². The van der Waals surface area contributed by atoms with Crippen LogP contribution in [0.4, 0.5) is 13.2 Å². The summed E-state index contributed by atoms with van der Waals surface area (Å²) in [6.07, 6.45) is 4.72. The highest BCUT2D eigenvalue weighted by Crippen LogP contribution is 2.68. The molecule has 0 unspecified atom stereocenters. The van der Waals surface area contributed by atoms with Gasteiger partial charge in [0.2, 0.25) is 0 Å². The summed E-state index contributed by atoms with van der Waals surface area (Å²) >= 11 is 0. The van der Waals surface area contributed by atoms with Crippen molar-refractivity contribution in [2.24, 2.45) is 17.3 Å². The van der Waals surface area contributed by atoms with Crippen molar-refractivity contribution in [3.8, 4) is 0 Å². The molecule has 0 aromatic heterocycles. The summed E-state index contributed by atoms with van der Waals surface area (Å²) in [6, 6.07) is 0. The first kappa shape index (κ1) is 12.2. The summed E-state index contributed by atoms with van der Waals surface area (Å²) in [7, 11) is 0. The fraction of sp³-hybridized carbons (Fsp3) is 0.857. The van der Waals surface area contributed by atoms with E-state index in [1.165, 1.54) is 0 Å². The average Bonchev–Trinajstić information content (AvgIpc) is 2.72. The fourth-order valence-electron chi connectivity index (χ4n) is 4.45. The number of hydrogen-bond acceptors (Lipinski definition) is 2. The van der Waals surface area contributed by atoms with E-state index < -0.39 is 18.6 Å². The van der Waals surface area contributed by atoms with Crippen LogP contribution >= 0.6 is 0 Å². The van der Waals surface area contributed by atoms with Crippen LogP contribution in [0.5, 0.6) is 0 Å². The molecule has 19 heavy (non-hydrogen) atoms. The van der Waals surface area contributed by atoms with E-state index in [0.717, 1.165) is 25.7 Å². The maximum absolute atomic E-state index is 12.4. The molecule has 4 rings (SSSR count). The van der Waals surface area contributed by atoms with Crippen LogP contribution in [0, 0.1) is 17.3 Å². The standard InChI is InChI=1S/C14H17F3O2/c15-14(16,17)8-18-13-4-1-2-9(13)11-10(19-13)3-5-12(11)6-7-12/h3,5,9-11H,1-2,4,6-8H2/t9-,10+,11+,13-/m1/s1. The third kappa shape index (κ3) is 1.70. The Morgan fingerprint density at radius 1 is 1.26 bits per heavy atom. The minimum atomic E-state index is -4.28. The Morgan fingerprint density at radius 3 is 2.74 bits per heavy atom. The Balaban J connectivity index is 1.57. The van der Waals surface area contributed by atoms with E-state index in [-0.39, 0.29) is 17.4 Å². The van der Waals surface area contributed by atoms with E-state index in [9.17, 15) is 13.2 Å². The Labute approximate surface area is 109 Å². The molecule has 2 saturated carbocycles. The van der Waals surface area contributed by atoms with Crippen LogP contribution in [0.25, 0.3) is 0 Å². The molecule has 0 radical (unpaired) electrons. The van der Waals surface area contributed by atoms with Crippen molar-refractivity contribution in [2.45, 2.75) is 50.2 Å². The average molecular weight is 274 g/mol. The van der Waals surface area contributed by atoms with Crippen molar-refractivity contribution in [1.29, 1.82) is 0 Å². The first-order valence-corrected chi connectivity index (χ1v) is 7.02. The summed E-state index contributed by atoms with van der Waals surface area (Å²) in [5, 5.41) is 0. The van der Waals surface area contributed by atoms with Gasteiger partial charge in [-0.15, -0.1) is 0 Å². The lowest BCUT2D eigenvalue weighted by atomic mass is 9.79. The maximum atomic E-state index is 12.4. The van der Waals surface area contributed by atoms with E-state index in [0.29, 0.717) is 12.3 Å². The van der Waals surface area contributed by atoms with Crippen molar-refractivity contribution in [3.63, 3.8) is 0 Å². The molecule has 3 fully saturated rings. The number of rotatable bonds is 2. The molecule has 0 amide bonds. The van der Waals surface area contributed by atoms with Crippen LogP contribution in [0.1, 0.15) is 32.1 Å².